The first-order valence-corrected chi connectivity index (χ1v) is 9.76. The molecule has 2 aromatic rings. The van der Waals surface area contributed by atoms with Crippen molar-refractivity contribution in [1.82, 2.24) is 4.90 Å². The molecule has 6 nitrogen and oxygen atoms in total. The van der Waals surface area contributed by atoms with Gasteiger partial charge in [-0.1, -0.05) is 12.1 Å². The monoisotopic (exact) mass is 399 g/mol. The van der Waals surface area contributed by atoms with Crippen LogP contribution in [-0.2, 0) is 6.54 Å². The van der Waals surface area contributed by atoms with Gasteiger partial charge in [-0.15, -0.1) is 0 Å². The predicted molar refractivity (Wildman–Crippen MR) is 111 cm³/mol. The Morgan fingerprint density at radius 3 is 2.00 bits per heavy atom. The summed E-state index contributed by atoms with van der Waals surface area (Å²) in [5.74, 6) is 2.70. The Morgan fingerprint density at radius 1 is 0.966 bits per heavy atom. The van der Waals surface area contributed by atoms with Crippen molar-refractivity contribution in [3.05, 3.63) is 47.5 Å². The van der Waals surface area contributed by atoms with E-state index in [9.17, 15) is 4.79 Å². The lowest BCUT2D eigenvalue weighted by Gasteiger charge is -2.30. The molecule has 0 aliphatic heterocycles. The number of rotatable bonds is 9. The summed E-state index contributed by atoms with van der Waals surface area (Å²) in [6.45, 7) is 2.65. The molecule has 1 aliphatic carbocycles. The van der Waals surface area contributed by atoms with E-state index in [0.29, 0.717) is 35.3 Å². The van der Waals surface area contributed by atoms with E-state index in [0.717, 1.165) is 24.2 Å². The van der Waals surface area contributed by atoms with Crippen molar-refractivity contribution in [2.45, 2.75) is 32.4 Å². The standard InChI is InChI=1S/C23H29NO5/c1-15(17-8-9-17)24(14-16-6-10-19(26-2)11-7-16)23(25)18-12-20(27-3)22(29-5)21(13-18)28-4/h6-7,10-13,15,17H,8-9,14H2,1-5H3/t15-/m1/s1. The lowest BCUT2D eigenvalue weighted by molar-refractivity contribution is 0.0653. The Bertz CT molecular complexity index is 820. The summed E-state index contributed by atoms with van der Waals surface area (Å²) in [7, 11) is 6.29. The van der Waals surface area contributed by atoms with Gasteiger partial charge in [-0.3, -0.25) is 4.79 Å². The summed E-state index contributed by atoms with van der Waals surface area (Å²) in [6.07, 6.45) is 2.31. The fraction of sp³-hybridized carbons (Fsp3) is 0.435. The number of methoxy groups -OCH3 is 4. The summed E-state index contributed by atoms with van der Waals surface area (Å²) in [5, 5.41) is 0. The van der Waals surface area contributed by atoms with Gasteiger partial charge in [0.2, 0.25) is 5.75 Å². The van der Waals surface area contributed by atoms with Crippen molar-refractivity contribution in [2.75, 3.05) is 28.4 Å². The zero-order valence-corrected chi connectivity index (χ0v) is 17.7. The topological polar surface area (TPSA) is 57.2 Å². The molecule has 0 spiro atoms. The van der Waals surface area contributed by atoms with Crippen molar-refractivity contribution in [3.8, 4) is 23.0 Å². The minimum Gasteiger partial charge on any atom is -0.497 e. The SMILES string of the molecule is COc1ccc(CN(C(=O)c2cc(OC)c(OC)c(OC)c2)[C@H](C)C2CC2)cc1. The molecule has 3 rings (SSSR count). The second-order valence-corrected chi connectivity index (χ2v) is 7.27. The number of carbonyl (C=O) groups excluding carboxylic acids is 1. The van der Waals surface area contributed by atoms with Crippen LogP contribution in [0.3, 0.4) is 0 Å². The summed E-state index contributed by atoms with van der Waals surface area (Å²) in [6, 6.07) is 11.4. The second kappa shape index (κ2) is 9.07. The number of nitrogens with zero attached hydrogens (tertiary/aromatic N) is 1. The summed E-state index contributed by atoms with van der Waals surface area (Å²) in [5.41, 5.74) is 1.57. The molecular weight excluding hydrogens is 370 g/mol. The van der Waals surface area contributed by atoms with E-state index >= 15 is 0 Å². The largest absolute Gasteiger partial charge is 0.497 e. The maximum atomic E-state index is 13.5. The molecule has 1 saturated carbocycles. The molecule has 1 atom stereocenters. The van der Waals surface area contributed by atoms with E-state index in [4.69, 9.17) is 18.9 Å². The third-order valence-corrected chi connectivity index (χ3v) is 5.48. The molecule has 0 aromatic heterocycles. The highest BCUT2D eigenvalue weighted by Crippen LogP contribution is 2.40. The van der Waals surface area contributed by atoms with Crippen molar-refractivity contribution >= 4 is 5.91 Å². The lowest BCUT2D eigenvalue weighted by atomic mass is 10.1. The van der Waals surface area contributed by atoms with E-state index in [1.54, 1.807) is 40.6 Å². The Balaban J connectivity index is 1.93. The first-order valence-electron chi connectivity index (χ1n) is 9.76. The van der Waals surface area contributed by atoms with Gasteiger partial charge < -0.3 is 23.8 Å². The van der Waals surface area contributed by atoms with Crippen molar-refractivity contribution in [3.63, 3.8) is 0 Å². The first kappa shape index (κ1) is 20.8. The Labute approximate surface area is 172 Å². The van der Waals surface area contributed by atoms with Crippen molar-refractivity contribution in [2.24, 2.45) is 5.92 Å². The molecule has 0 bridgehead atoms. The van der Waals surface area contributed by atoms with Gasteiger partial charge in [-0.25, -0.2) is 0 Å². The Hall–Kier alpha value is -2.89. The number of ether oxygens (including phenoxy) is 4. The third-order valence-electron chi connectivity index (χ3n) is 5.48. The highest BCUT2D eigenvalue weighted by atomic mass is 16.5. The van der Waals surface area contributed by atoms with Crippen LogP contribution in [-0.4, -0.2) is 45.3 Å². The normalized spacial score (nSPS) is 14.1. The maximum Gasteiger partial charge on any atom is 0.254 e. The van der Waals surface area contributed by atoms with Crippen LogP contribution >= 0.6 is 0 Å². The molecular formula is C23H29NO5. The quantitative estimate of drug-likeness (QED) is 0.634. The molecule has 0 heterocycles. The average Bonchev–Trinajstić information content (AvgIpc) is 3.61. The van der Waals surface area contributed by atoms with Crippen LogP contribution in [0.25, 0.3) is 0 Å². The second-order valence-electron chi connectivity index (χ2n) is 7.27. The molecule has 29 heavy (non-hydrogen) atoms. The van der Waals surface area contributed by atoms with Gasteiger partial charge >= 0.3 is 0 Å². The number of hydrogen-bond acceptors (Lipinski definition) is 5. The summed E-state index contributed by atoms with van der Waals surface area (Å²) < 4.78 is 21.5. The van der Waals surface area contributed by atoms with Crippen molar-refractivity contribution < 1.29 is 23.7 Å². The van der Waals surface area contributed by atoms with Gasteiger partial charge in [0.15, 0.2) is 11.5 Å². The lowest BCUT2D eigenvalue weighted by Crippen LogP contribution is -2.39. The van der Waals surface area contributed by atoms with Gasteiger partial charge in [0.1, 0.15) is 5.75 Å². The van der Waals surface area contributed by atoms with Crippen LogP contribution in [0.1, 0.15) is 35.7 Å². The van der Waals surface area contributed by atoms with E-state index in [1.807, 2.05) is 29.2 Å². The molecule has 156 valence electrons. The fourth-order valence-electron chi connectivity index (χ4n) is 3.53. The van der Waals surface area contributed by atoms with Gasteiger partial charge in [0, 0.05) is 18.2 Å². The fourth-order valence-corrected chi connectivity index (χ4v) is 3.53. The smallest absolute Gasteiger partial charge is 0.254 e. The molecule has 0 radical (unpaired) electrons. The van der Waals surface area contributed by atoms with Crippen LogP contribution in [0, 0.1) is 5.92 Å². The zero-order chi connectivity index (χ0) is 21.0. The van der Waals surface area contributed by atoms with Gasteiger partial charge in [-0.05, 0) is 55.5 Å². The van der Waals surface area contributed by atoms with E-state index in [-0.39, 0.29) is 11.9 Å². The number of benzene rings is 2. The zero-order valence-electron chi connectivity index (χ0n) is 17.7. The number of carbonyl (C=O) groups is 1. The average molecular weight is 399 g/mol. The number of amides is 1. The Morgan fingerprint density at radius 2 is 1.55 bits per heavy atom. The molecule has 0 unspecified atom stereocenters. The molecule has 6 heteroatoms. The van der Waals surface area contributed by atoms with Crippen LogP contribution in [0.15, 0.2) is 36.4 Å². The van der Waals surface area contributed by atoms with Gasteiger partial charge in [-0.2, -0.15) is 0 Å². The highest BCUT2D eigenvalue weighted by molar-refractivity contribution is 5.96. The minimum absolute atomic E-state index is 0.0560. The Kier molecular flexibility index (Phi) is 6.52. The molecule has 2 aromatic carbocycles. The summed E-state index contributed by atoms with van der Waals surface area (Å²) in [4.78, 5) is 15.5. The molecule has 1 amide bonds. The highest BCUT2D eigenvalue weighted by Gasteiger charge is 2.35. The first-order chi connectivity index (χ1) is 14.0. The van der Waals surface area contributed by atoms with E-state index < -0.39 is 0 Å². The van der Waals surface area contributed by atoms with Crippen molar-refractivity contribution in [1.29, 1.82) is 0 Å². The van der Waals surface area contributed by atoms with Gasteiger partial charge in [0.25, 0.3) is 5.91 Å². The third kappa shape index (κ3) is 4.58. The van der Waals surface area contributed by atoms with E-state index in [2.05, 4.69) is 6.92 Å². The summed E-state index contributed by atoms with van der Waals surface area (Å²) >= 11 is 0. The van der Waals surface area contributed by atoms with Gasteiger partial charge in [0.05, 0.1) is 28.4 Å². The predicted octanol–water partition coefficient (Wildman–Crippen LogP) is 4.16. The van der Waals surface area contributed by atoms with E-state index in [1.165, 1.54) is 0 Å². The van der Waals surface area contributed by atoms with Crippen LogP contribution < -0.4 is 18.9 Å². The van der Waals surface area contributed by atoms with Crippen LogP contribution in [0.2, 0.25) is 0 Å². The molecule has 0 saturated heterocycles. The van der Waals surface area contributed by atoms with Crippen LogP contribution in [0.5, 0.6) is 23.0 Å². The maximum absolute atomic E-state index is 13.5. The molecule has 1 aliphatic rings. The molecule has 0 N–H and O–H groups in total. The number of hydrogen-bond donors (Lipinski definition) is 0. The molecule has 1 fully saturated rings. The van der Waals surface area contributed by atoms with Crippen LogP contribution in [0.4, 0.5) is 0 Å². The minimum atomic E-state index is -0.0560.